The van der Waals surface area contributed by atoms with E-state index in [0.717, 1.165) is 0 Å². The molecule has 0 bridgehead atoms. The van der Waals surface area contributed by atoms with Crippen LogP contribution in [-0.2, 0) is 46.8 Å². The smallest absolute Gasteiger partial charge is 1.00 e. The molecule has 0 fully saturated rings. The average molecular weight is 252 g/mol. The molecule has 0 saturated carbocycles. The summed E-state index contributed by atoms with van der Waals surface area (Å²) in [6, 6.07) is 0. The Bertz CT molecular complexity index is 8.00. The van der Waals surface area contributed by atoms with Gasteiger partial charge in [-0.05, 0) is 0 Å². The quantitative estimate of drug-likeness (QED) is 0.377. The van der Waals surface area contributed by atoms with Crippen LogP contribution in [0.25, 0.3) is 0 Å². The van der Waals surface area contributed by atoms with Crippen LogP contribution in [0.3, 0.4) is 0 Å². The van der Waals surface area contributed by atoms with Gasteiger partial charge < -0.3 is 12.4 Å². The summed E-state index contributed by atoms with van der Waals surface area (Å²) in [6.45, 7) is 0. The van der Waals surface area contributed by atoms with E-state index in [-0.39, 0.29) is 111 Å². The van der Waals surface area contributed by atoms with E-state index in [4.69, 9.17) is 0 Å². The molecule has 0 amide bonds. The summed E-state index contributed by atoms with van der Waals surface area (Å²) in [5.41, 5.74) is 0. The van der Waals surface area contributed by atoms with Crippen molar-refractivity contribution in [1.82, 2.24) is 0 Å². The molecule has 0 heterocycles. The molecule has 0 radical (unpaired) electrons. The zero-order chi connectivity index (χ0) is 0. The van der Waals surface area contributed by atoms with Gasteiger partial charge in [0.25, 0.3) is 0 Å². The summed E-state index contributed by atoms with van der Waals surface area (Å²) in [6.07, 6.45) is 0. The molecule has 0 aromatic carbocycles. The molecule has 0 aliphatic carbocycles. The first kappa shape index (κ1) is 26.0. The Morgan fingerprint density at radius 1 is 1.00 bits per heavy atom. The maximum Gasteiger partial charge on any atom is 1.00 e. The minimum absolute atomic E-state index is 0. The summed E-state index contributed by atoms with van der Waals surface area (Å²) in [7, 11) is 0. The standard InChI is InChI=1S/Cd.ClH.K.Zn/h;1H;;/q;;+1;/p-1. The van der Waals surface area contributed by atoms with Crippen molar-refractivity contribution in [2.75, 3.05) is 0 Å². The molecule has 0 spiro atoms. The third kappa shape index (κ3) is 9.08. The van der Waals surface area contributed by atoms with Crippen LogP contribution in [0.4, 0.5) is 0 Å². The molecule has 12 valence electrons. The molecule has 0 saturated heterocycles. The SMILES string of the molecule is [Cd].[Cl-].[K+].[Zn]. The predicted octanol–water partition coefficient (Wildman–Crippen LogP) is -6.00. The van der Waals surface area contributed by atoms with Crippen molar-refractivity contribution in [3.05, 3.63) is 0 Å². The maximum absolute atomic E-state index is 0. The number of hydrogen-bond donors (Lipinski definition) is 0. The minimum atomic E-state index is 0. The predicted molar refractivity (Wildman–Crippen MR) is 0 cm³/mol. The summed E-state index contributed by atoms with van der Waals surface area (Å²) in [5.74, 6) is 0. The Labute approximate surface area is 108 Å². The van der Waals surface area contributed by atoms with Gasteiger partial charge in [0.15, 0.2) is 0 Å². The molecule has 0 aromatic rings. The normalized spacial score (nSPS) is 0. The molecule has 0 N–H and O–H groups in total. The van der Waals surface area contributed by atoms with Gasteiger partial charge in [0, 0.05) is 46.8 Å². The summed E-state index contributed by atoms with van der Waals surface area (Å²) in [5, 5.41) is 0. The van der Waals surface area contributed by atoms with Crippen LogP contribution in [0.2, 0.25) is 0 Å². The topological polar surface area (TPSA) is 0 Å². The van der Waals surface area contributed by atoms with E-state index in [0.29, 0.717) is 0 Å². The maximum atomic E-state index is 0. The van der Waals surface area contributed by atoms with Gasteiger partial charge in [-0.3, -0.25) is 0 Å². The van der Waals surface area contributed by atoms with Gasteiger partial charge >= 0.3 is 51.4 Å². The van der Waals surface area contributed by atoms with Crippen LogP contribution in [0.1, 0.15) is 0 Å². The van der Waals surface area contributed by atoms with Crippen LogP contribution in [0, 0.1) is 0 Å². The Morgan fingerprint density at radius 2 is 1.00 bits per heavy atom. The van der Waals surface area contributed by atoms with E-state index in [1.807, 2.05) is 0 Å². The third-order valence-corrected chi connectivity index (χ3v) is 0. The second-order valence-corrected chi connectivity index (χ2v) is 0. The van der Waals surface area contributed by atoms with Gasteiger partial charge in [-0.15, -0.1) is 0 Å². The van der Waals surface area contributed by atoms with E-state index in [1.165, 1.54) is 0 Å². The fourth-order valence-corrected chi connectivity index (χ4v) is 0. The fraction of sp³-hybridized carbons (Fsp3) is 0. The second kappa shape index (κ2) is 16.1. The van der Waals surface area contributed by atoms with Crippen molar-refractivity contribution >= 4 is 0 Å². The first-order valence-corrected chi connectivity index (χ1v) is 0. The molecule has 0 nitrogen and oxygen atoms in total. The molecule has 0 unspecified atom stereocenters. The zero-order valence-corrected chi connectivity index (χ0v) is 13.7. The second-order valence-electron chi connectivity index (χ2n) is 0. The van der Waals surface area contributed by atoms with Gasteiger partial charge in [0.2, 0.25) is 0 Å². The van der Waals surface area contributed by atoms with Crippen LogP contribution in [0.15, 0.2) is 0 Å². The molecule has 4 heteroatoms. The Balaban J connectivity index is 0. The zero-order valence-electron chi connectivity index (χ0n) is 2.79. The van der Waals surface area contributed by atoms with Crippen molar-refractivity contribution in [2.45, 2.75) is 0 Å². The monoisotopic (exact) mass is 252 g/mol. The summed E-state index contributed by atoms with van der Waals surface area (Å²) in [4.78, 5) is 0. The van der Waals surface area contributed by atoms with Crippen LogP contribution in [0.5, 0.6) is 0 Å². The van der Waals surface area contributed by atoms with Gasteiger partial charge in [-0.1, -0.05) is 0 Å². The third-order valence-electron chi connectivity index (χ3n) is 0. The van der Waals surface area contributed by atoms with Crippen molar-refractivity contribution < 1.29 is 111 Å². The van der Waals surface area contributed by atoms with Gasteiger partial charge in [-0.2, -0.15) is 0 Å². The van der Waals surface area contributed by atoms with E-state index in [9.17, 15) is 0 Å². The molecule has 0 atom stereocenters. The molecular formula is CdClKZn. The molecule has 0 aromatic heterocycles. The number of rotatable bonds is 0. The largest absolute Gasteiger partial charge is 1.00 e. The Hall–Kier alpha value is 3.47. The number of halogens is 1. The van der Waals surface area contributed by atoms with Crippen molar-refractivity contribution in [2.24, 2.45) is 0 Å². The average Bonchev–Trinajstić information content (AvgIpc) is 0. The first-order chi connectivity index (χ1) is 0. The van der Waals surface area contributed by atoms with E-state index in [2.05, 4.69) is 0 Å². The van der Waals surface area contributed by atoms with E-state index in [1.54, 1.807) is 0 Å². The Morgan fingerprint density at radius 3 is 1.00 bits per heavy atom. The van der Waals surface area contributed by atoms with Crippen molar-refractivity contribution in [1.29, 1.82) is 0 Å². The van der Waals surface area contributed by atoms with Crippen molar-refractivity contribution in [3.8, 4) is 0 Å². The molecule has 0 aliphatic heterocycles. The summed E-state index contributed by atoms with van der Waals surface area (Å²) < 4.78 is 0. The van der Waals surface area contributed by atoms with Gasteiger partial charge in [-0.25, -0.2) is 0 Å². The van der Waals surface area contributed by atoms with Crippen molar-refractivity contribution in [3.63, 3.8) is 0 Å². The molecule has 4 heavy (non-hydrogen) atoms. The Kier molecular flexibility index (Phi) is 104. The molecule has 0 rings (SSSR count). The van der Waals surface area contributed by atoms with Crippen LogP contribution >= 0.6 is 0 Å². The molecule has 0 aliphatic rings. The number of hydrogen-bond acceptors (Lipinski definition) is 0. The van der Waals surface area contributed by atoms with Gasteiger partial charge in [0.1, 0.15) is 0 Å². The summed E-state index contributed by atoms with van der Waals surface area (Å²) >= 11 is 0. The van der Waals surface area contributed by atoms with Crippen LogP contribution < -0.4 is 63.8 Å². The minimum Gasteiger partial charge on any atom is -1.00 e. The van der Waals surface area contributed by atoms with Crippen LogP contribution in [-0.4, -0.2) is 0 Å². The van der Waals surface area contributed by atoms with E-state index >= 15 is 0 Å². The van der Waals surface area contributed by atoms with Gasteiger partial charge in [0.05, 0.1) is 0 Å². The first-order valence-electron chi connectivity index (χ1n) is 0. The molecular weight excluding hydrogens is 252 g/mol. The fourth-order valence-electron chi connectivity index (χ4n) is 0. The van der Waals surface area contributed by atoms with E-state index < -0.39 is 0 Å².